The number of ether oxygens (including phenoxy) is 1. The van der Waals surface area contributed by atoms with E-state index in [1.165, 1.54) is 13.2 Å². The molecule has 0 radical (unpaired) electrons. The molecule has 4 rings (SSSR count). The summed E-state index contributed by atoms with van der Waals surface area (Å²) in [7, 11) is 1.46. The molecule has 0 spiro atoms. The van der Waals surface area contributed by atoms with Crippen molar-refractivity contribution in [1.29, 1.82) is 0 Å². The summed E-state index contributed by atoms with van der Waals surface area (Å²) in [5.74, 6) is 0.544. The number of Topliss-reactive ketones (excluding diaryl/α,β-unsaturated/α-hetero) is 1. The minimum absolute atomic E-state index is 0.00338. The molecule has 0 heterocycles. The predicted molar refractivity (Wildman–Crippen MR) is 62.1 cm³/mol. The van der Waals surface area contributed by atoms with E-state index in [9.17, 15) is 9.59 Å². The van der Waals surface area contributed by atoms with Crippen molar-refractivity contribution in [3.63, 3.8) is 0 Å². The van der Waals surface area contributed by atoms with Crippen LogP contribution in [0.5, 0.6) is 0 Å². The fourth-order valence-electron chi connectivity index (χ4n) is 3.81. The van der Waals surface area contributed by atoms with Crippen LogP contribution in [0.1, 0.15) is 19.8 Å². The Morgan fingerprint density at radius 1 is 1.29 bits per heavy atom. The summed E-state index contributed by atoms with van der Waals surface area (Å²) in [6.07, 6.45) is 7.66. The summed E-state index contributed by atoms with van der Waals surface area (Å²) in [5, 5.41) is 0. The Morgan fingerprint density at radius 3 is 2.65 bits per heavy atom. The van der Waals surface area contributed by atoms with Crippen molar-refractivity contribution in [2.24, 2.45) is 23.2 Å². The SMILES string of the molecule is COC1=CC(=O)C2C3C=CC(CC3)C2(C)C1=O. The molecule has 4 aliphatic rings. The zero-order chi connectivity index (χ0) is 12.2. The van der Waals surface area contributed by atoms with Crippen molar-refractivity contribution >= 4 is 11.6 Å². The van der Waals surface area contributed by atoms with Gasteiger partial charge in [-0.05, 0) is 24.7 Å². The molecular formula is C14H16O3. The minimum atomic E-state index is -0.575. The van der Waals surface area contributed by atoms with Crippen LogP contribution in [-0.2, 0) is 14.3 Å². The molecule has 0 aromatic rings. The number of methoxy groups -OCH3 is 1. The summed E-state index contributed by atoms with van der Waals surface area (Å²) < 4.78 is 5.06. The monoisotopic (exact) mass is 232 g/mol. The molecule has 0 amide bonds. The van der Waals surface area contributed by atoms with Gasteiger partial charge in [-0.2, -0.15) is 0 Å². The smallest absolute Gasteiger partial charge is 0.204 e. The quantitative estimate of drug-likeness (QED) is 0.648. The Bertz CT molecular complexity index is 460. The van der Waals surface area contributed by atoms with Crippen LogP contribution in [0.15, 0.2) is 24.0 Å². The number of fused-ring (bicyclic) bond motifs is 1. The van der Waals surface area contributed by atoms with Crippen LogP contribution >= 0.6 is 0 Å². The summed E-state index contributed by atoms with van der Waals surface area (Å²) in [5.41, 5.74) is -0.575. The minimum Gasteiger partial charge on any atom is -0.493 e. The molecule has 0 saturated heterocycles. The van der Waals surface area contributed by atoms with E-state index in [-0.39, 0.29) is 35.1 Å². The predicted octanol–water partition coefficient (Wildman–Crippen LogP) is 1.89. The van der Waals surface area contributed by atoms with Crippen LogP contribution < -0.4 is 0 Å². The molecule has 3 nitrogen and oxygen atoms in total. The Hall–Kier alpha value is -1.38. The molecule has 0 aromatic heterocycles. The molecule has 17 heavy (non-hydrogen) atoms. The highest BCUT2D eigenvalue weighted by molar-refractivity contribution is 6.12. The lowest BCUT2D eigenvalue weighted by Gasteiger charge is -2.52. The number of carbonyl (C=O) groups excluding carboxylic acids is 2. The largest absolute Gasteiger partial charge is 0.493 e. The lowest BCUT2D eigenvalue weighted by Crippen LogP contribution is -2.55. The number of rotatable bonds is 1. The van der Waals surface area contributed by atoms with E-state index in [4.69, 9.17) is 4.74 Å². The summed E-state index contributed by atoms with van der Waals surface area (Å²) in [6, 6.07) is 0. The number of hydrogen-bond acceptors (Lipinski definition) is 3. The maximum atomic E-state index is 12.5. The van der Waals surface area contributed by atoms with E-state index >= 15 is 0 Å². The van der Waals surface area contributed by atoms with Crippen LogP contribution in [0.2, 0.25) is 0 Å². The zero-order valence-electron chi connectivity index (χ0n) is 10.1. The van der Waals surface area contributed by atoms with Crippen LogP contribution in [0.3, 0.4) is 0 Å². The molecule has 0 aromatic carbocycles. The van der Waals surface area contributed by atoms with Crippen molar-refractivity contribution in [2.45, 2.75) is 19.8 Å². The molecule has 4 atom stereocenters. The summed E-state index contributed by atoms with van der Waals surface area (Å²) >= 11 is 0. The highest BCUT2D eigenvalue weighted by atomic mass is 16.5. The highest BCUT2D eigenvalue weighted by Gasteiger charge is 2.59. The molecule has 4 unspecified atom stereocenters. The van der Waals surface area contributed by atoms with Gasteiger partial charge in [-0.3, -0.25) is 9.59 Å². The van der Waals surface area contributed by atoms with E-state index in [1.807, 2.05) is 6.92 Å². The first-order valence-corrected chi connectivity index (χ1v) is 6.11. The van der Waals surface area contributed by atoms with Crippen LogP contribution in [0, 0.1) is 23.2 Å². The van der Waals surface area contributed by atoms with Gasteiger partial charge in [0.15, 0.2) is 11.5 Å². The van der Waals surface area contributed by atoms with Gasteiger partial charge < -0.3 is 4.74 Å². The van der Waals surface area contributed by atoms with Gasteiger partial charge in [0, 0.05) is 12.0 Å². The number of ketones is 2. The lowest BCUT2D eigenvalue weighted by molar-refractivity contribution is -0.147. The Balaban J connectivity index is 2.15. The summed E-state index contributed by atoms with van der Waals surface area (Å²) in [6.45, 7) is 1.93. The van der Waals surface area contributed by atoms with Crippen molar-refractivity contribution in [3.05, 3.63) is 24.0 Å². The highest BCUT2D eigenvalue weighted by Crippen LogP contribution is 2.56. The number of carbonyl (C=O) groups is 2. The van der Waals surface area contributed by atoms with E-state index in [0.717, 1.165) is 12.8 Å². The molecule has 2 bridgehead atoms. The third kappa shape index (κ3) is 1.17. The molecule has 4 aliphatic carbocycles. The van der Waals surface area contributed by atoms with E-state index in [2.05, 4.69) is 12.2 Å². The lowest BCUT2D eigenvalue weighted by atomic mass is 9.49. The van der Waals surface area contributed by atoms with Gasteiger partial charge in [0.2, 0.25) is 5.78 Å². The first-order valence-electron chi connectivity index (χ1n) is 6.11. The van der Waals surface area contributed by atoms with Gasteiger partial charge in [0.25, 0.3) is 0 Å². The molecule has 0 N–H and O–H groups in total. The first kappa shape index (κ1) is 10.8. The molecule has 1 saturated carbocycles. The van der Waals surface area contributed by atoms with E-state index in [0.29, 0.717) is 0 Å². The van der Waals surface area contributed by atoms with Crippen LogP contribution in [0.25, 0.3) is 0 Å². The Kier molecular flexibility index (Phi) is 2.09. The van der Waals surface area contributed by atoms with Gasteiger partial charge in [-0.15, -0.1) is 0 Å². The van der Waals surface area contributed by atoms with Gasteiger partial charge in [-0.1, -0.05) is 19.1 Å². The van der Waals surface area contributed by atoms with Gasteiger partial charge >= 0.3 is 0 Å². The van der Waals surface area contributed by atoms with Gasteiger partial charge in [-0.25, -0.2) is 0 Å². The van der Waals surface area contributed by atoms with Crippen molar-refractivity contribution in [1.82, 2.24) is 0 Å². The fourth-order valence-corrected chi connectivity index (χ4v) is 3.81. The fraction of sp³-hybridized carbons (Fsp3) is 0.571. The second-order valence-corrected chi connectivity index (χ2v) is 5.44. The molecule has 3 heteroatoms. The third-order valence-corrected chi connectivity index (χ3v) is 4.76. The molecule has 90 valence electrons. The van der Waals surface area contributed by atoms with Crippen molar-refractivity contribution < 1.29 is 14.3 Å². The average molecular weight is 232 g/mol. The average Bonchev–Trinajstić information content (AvgIpc) is 2.35. The molecule has 1 fully saturated rings. The van der Waals surface area contributed by atoms with E-state index in [1.54, 1.807) is 0 Å². The molecule has 0 aliphatic heterocycles. The standard InChI is InChI=1S/C14H16O3/c1-14-9-5-3-8(4-6-9)12(14)10(15)7-11(17-2)13(14)16/h3,5,7-9,12H,4,6H2,1-2H3. The second kappa shape index (κ2) is 3.31. The normalized spacial score (nSPS) is 43.4. The van der Waals surface area contributed by atoms with Gasteiger partial charge in [0.05, 0.1) is 12.5 Å². The van der Waals surface area contributed by atoms with Crippen molar-refractivity contribution in [3.8, 4) is 0 Å². The first-order chi connectivity index (χ1) is 8.09. The van der Waals surface area contributed by atoms with Crippen molar-refractivity contribution in [2.75, 3.05) is 7.11 Å². The van der Waals surface area contributed by atoms with E-state index < -0.39 is 5.41 Å². The topological polar surface area (TPSA) is 43.4 Å². The van der Waals surface area contributed by atoms with Crippen LogP contribution in [0.4, 0.5) is 0 Å². The summed E-state index contributed by atoms with van der Waals surface area (Å²) in [4.78, 5) is 24.7. The van der Waals surface area contributed by atoms with Gasteiger partial charge in [0.1, 0.15) is 0 Å². The molecular weight excluding hydrogens is 216 g/mol. The third-order valence-electron chi connectivity index (χ3n) is 4.76. The second-order valence-electron chi connectivity index (χ2n) is 5.44. The zero-order valence-corrected chi connectivity index (χ0v) is 10.1. The maximum absolute atomic E-state index is 12.5. The Morgan fingerprint density at radius 2 is 2.06 bits per heavy atom. The number of allylic oxidation sites excluding steroid dienone is 4. The number of hydrogen-bond donors (Lipinski definition) is 0. The van der Waals surface area contributed by atoms with Crippen LogP contribution in [-0.4, -0.2) is 18.7 Å². The maximum Gasteiger partial charge on any atom is 0.204 e. The Labute approximate surface area is 101 Å².